The van der Waals surface area contributed by atoms with Crippen LogP contribution in [0.4, 0.5) is 0 Å². The van der Waals surface area contributed by atoms with E-state index in [0.717, 1.165) is 26.6 Å². The molecule has 3 aromatic rings. The van der Waals surface area contributed by atoms with Gasteiger partial charge in [0.2, 0.25) is 5.78 Å². The summed E-state index contributed by atoms with van der Waals surface area (Å²) in [5, 5.41) is 0.790. The van der Waals surface area contributed by atoms with Gasteiger partial charge in [0.1, 0.15) is 11.6 Å². The van der Waals surface area contributed by atoms with Gasteiger partial charge in [-0.2, -0.15) is 0 Å². The molecule has 7 nitrogen and oxygen atoms in total. The number of esters is 1. The number of fused-ring (bicyclic) bond motifs is 1. The molecule has 0 saturated carbocycles. The van der Waals surface area contributed by atoms with Crippen LogP contribution in [-0.2, 0) is 32.2 Å². The van der Waals surface area contributed by atoms with Crippen LogP contribution in [0.2, 0.25) is 0 Å². The maximum atomic E-state index is 12.4. The Bertz CT molecular complexity index is 975. The van der Waals surface area contributed by atoms with Crippen LogP contribution in [-0.4, -0.2) is 48.2 Å². The van der Waals surface area contributed by atoms with Crippen LogP contribution in [0.1, 0.15) is 26.8 Å². The van der Waals surface area contributed by atoms with Crippen molar-refractivity contribution in [3.05, 3.63) is 52.3 Å². The third-order valence-corrected chi connectivity index (χ3v) is 5.55. The van der Waals surface area contributed by atoms with Crippen molar-refractivity contribution < 1.29 is 23.8 Å². The number of carbonyl (C=O) groups is 2. The van der Waals surface area contributed by atoms with Crippen molar-refractivity contribution in [3.63, 3.8) is 0 Å². The summed E-state index contributed by atoms with van der Waals surface area (Å²) in [5.74, 6) is -0.811. The zero-order chi connectivity index (χ0) is 20.8. The van der Waals surface area contributed by atoms with Gasteiger partial charge in [0.15, 0.2) is 6.61 Å². The minimum Gasteiger partial charge on any atom is -0.456 e. The van der Waals surface area contributed by atoms with Crippen LogP contribution < -0.4 is 0 Å². The molecule has 0 N–H and O–H groups in total. The molecule has 2 aromatic heterocycles. The van der Waals surface area contributed by atoms with Gasteiger partial charge in [-0.15, -0.1) is 11.3 Å². The second-order valence-corrected chi connectivity index (χ2v) is 7.70. The molecule has 2 heterocycles. The number of Topliss-reactive ketones (excluding diaryl/α,β-unsaturated/α-hetero) is 1. The molecule has 0 fully saturated rings. The van der Waals surface area contributed by atoms with E-state index in [1.54, 1.807) is 7.11 Å². The summed E-state index contributed by atoms with van der Waals surface area (Å²) in [6, 6.07) is 9.61. The van der Waals surface area contributed by atoms with Crippen molar-refractivity contribution >= 4 is 33.3 Å². The first-order valence-corrected chi connectivity index (χ1v) is 10.1. The smallest absolute Gasteiger partial charge is 0.332 e. The maximum Gasteiger partial charge on any atom is 0.332 e. The molecule has 1 aromatic carbocycles. The van der Waals surface area contributed by atoms with E-state index in [2.05, 4.69) is 4.98 Å². The predicted molar refractivity (Wildman–Crippen MR) is 110 cm³/mol. The van der Waals surface area contributed by atoms with E-state index >= 15 is 0 Å². The number of benzene rings is 1. The van der Waals surface area contributed by atoms with Crippen LogP contribution in [0.5, 0.6) is 0 Å². The SMILES string of the molecule is COCCn1c(C)cc(C(=O)COC(=O)COCc2nc3ccccc3s2)c1C. The summed E-state index contributed by atoms with van der Waals surface area (Å²) in [5.41, 5.74) is 3.27. The lowest BCUT2D eigenvalue weighted by Crippen LogP contribution is -2.18. The first-order chi connectivity index (χ1) is 14.0. The van der Waals surface area contributed by atoms with E-state index in [1.165, 1.54) is 11.3 Å². The highest BCUT2D eigenvalue weighted by Gasteiger charge is 2.17. The molecule has 29 heavy (non-hydrogen) atoms. The molecule has 0 atom stereocenters. The van der Waals surface area contributed by atoms with Crippen LogP contribution in [0.15, 0.2) is 30.3 Å². The van der Waals surface area contributed by atoms with E-state index < -0.39 is 5.97 Å². The number of aryl methyl sites for hydroxylation is 1. The monoisotopic (exact) mass is 416 g/mol. The van der Waals surface area contributed by atoms with E-state index in [4.69, 9.17) is 14.2 Å². The van der Waals surface area contributed by atoms with E-state index in [1.807, 2.05) is 48.7 Å². The van der Waals surface area contributed by atoms with Gasteiger partial charge in [-0.1, -0.05) is 12.1 Å². The molecule has 0 aliphatic carbocycles. The number of ether oxygens (including phenoxy) is 3. The summed E-state index contributed by atoms with van der Waals surface area (Å²) in [6.45, 7) is 4.73. The van der Waals surface area contributed by atoms with Gasteiger partial charge in [-0.25, -0.2) is 9.78 Å². The second kappa shape index (κ2) is 9.78. The van der Waals surface area contributed by atoms with Gasteiger partial charge in [-0.05, 0) is 32.0 Å². The molecular formula is C21H24N2O5S. The minimum absolute atomic E-state index is 0.225. The topological polar surface area (TPSA) is 79.7 Å². The second-order valence-electron chi connectivity index (χ2n) is 6.58. The van der Waals surface area contributed by atoms with Gasteiger partial charge < -0.3 is 18.8 Å². The summed E-state index contributed by atoms with van der Waals surface area (Å²) in [6.07, 6.45) is 0. The maximum absolute atomic E-state index is 12.4. The normalized spacial score (nSPS) is 11.1. The number of hydrogen-bond donors (Lipinski definition) is 0. The van der Waals surface area contributed by atoms with Crippen molar-refractivity contribution in [3.8, 4) is 0 Å². The van der Waals surface area contributed by atoms with E-state index in [0.29, 0.717) is 18.7 Å². The van der Waals surface area contributed by atoms with Crippen molar-refractivity contribution in [2.24, 2.45) is 0 Å². The van der Waals surface area contributed by atoms with Crippen molar-refractivity contribution in [1.82, 2.24) is 9.55 Å². The number of para-hydroxylation sites is 1. The Hall–Kier alpha value is -2.55. The van der Waals surface area contributed by atoms with Crippen molar-refractivity contribution in [2.45, 2.75) is 27.0 Å². The molecule has 3 rings (SSSR count). The molecule has 0 saturated heterocycles. The first-order valence-electron chi connectivity index (χ1n) is 9.26. The molecule has 0 aliphatic rings. The molecule has 0 radical (unpaired) electrons. The number of aromatic nitrogens is 2. The molecule has 0 bridgehead atoms. The largest absolute Gasteiger partial charge is 0.456 e. The highest BCUT2D eigenvalue weighted by Crippen LogP contribution is 2.22. The Morgan fingerprint density at radius 3 is 2.72 bits per heavy atom. The third-order valence-electron chi connectivity index (χ3n) is 4.54. The number of rotatable bonds is 10. The Morgan fingerprint density at radius 1 is 1.17 bits per heavy atom. The number of carbonyl (C=O) groups excluding carboxylic acids is 2. The Balaban J connectivity index is 1.46. The molecule has 0 spiro atoms. The lowest BCUT2D eigenvalue weighted by Gasteiger charge is -2.09. The predicted octanol–water partition coefficient (Wildman–Crippen LogP) is 3.30. The highest BCUT2D eigenvalue weighted by atomic mass is 32.1. The lowest BCUT2D eigenvalue weighted by molar-refractivity contribution is -0.148. The van der Waals surface area contributed by atoms with Gasteiger partial charge >= 0.3 is 5.97 Å². The van der Waals surface area contributed by atoms with Crippen molar-refractivity contribution in [2.75, 3.05) is 26.9 Å². The Labute approximate surface area is 173 Å². The number of ketones is 1. The van der Waals surface area contributed by atoms with Gasteiger partial charge in [-0.3, -0.25) is 4.79 Å². The average Bonchev–Trinajstić information content (AvgIpc) is 3.24. The molecule has 154 valence electrons. The van der Waals surface area contributed by atoms with Gasteiger partial charge in [0, 0.05) is 30.6 Å². The van der Waals surface area contributed by atoms with Gasteiger partial charge in [0.05, 0.1) is 23.4 Å². The summed E-state index contributed by atoms with van der Waals surface area (Å²) >= 11 is 1.52. The Morgan fingerprint density at radius 2 is 1.97 bits per heavy atom. The zero-order valence-corrected chi connectivity index (χ0v) is 17.6. The quantitative estimate of drug-likeness (QED) is 0.373. The third kappa shape index (κ3) is 5.29. The van der Waals surface area contributed by atoms with Crippen LogP contribution in [0, 0.1) is 13.8 Å². The highest BCUT2D eigenvalue weighted by molar-refractivity contribution is 7.18. The number of hydrogen-bond acceptors (Lipinski definition) is 7. The van der Waals surface area contributed by atoms with Crippen LogP contribution >= 0.6 is 11.3 Å². The fraction of sp³-hybridized carbons (Fsp3) is 0.381. The average molecular weight is 416 g/mol. The van der Waals surface area contributed by atoms with Gasteiger partial charge in [0.25, 0.3) is 0 Å². The summed E-state index contributed by atoms with van der Waals surface area (Å²) < 4.78 is 18.6. The molecule has 0 unspecified atom stereocenters. The lowest BCUT2D eigenvalue weighted by atomic mass is 10.1. The number of methoxy groups -OCH3 is 1. The van der Waals surface area contributed by atoms with E-state index in [-0.39, 0.29) is 25.6 Å². The summed E-state index contributed by atoms with van der Waals surface area (Å²) in [7, 11) is 1.64. The zero-order valence-electron chi connectivity index (χ0n) is 16.8. The fourth-order valence-corrected chi connectivity index (χ4v) is 3.98. The fourth-order valence-electron chi connectivity index (χ4n) is 3.08. The summed E-state index contributed by atoms with van der Waals surface area (Å²) in [4.78, 5) is 28.8. The number of thiazole rings is 1. The number of nitrogens with zero attached hydrogens (tertiary/aromatic N) is 2. The Kier molecular flexibility index (Phi) is 7.13. The standard InChI is InChI=1S/C21H24N2O5S/c1-14-10-16(15(2)23(14)8-9-26-3)18(24)11-28-21(25)13-27-12-20-22-17-6-4-5-7-19(17)29-20/h4-7,10H,8-9,11-13H2,1-3H3. The molecule has 0 amide bonds. The molecule has 0 aliphatic heterocycles. The molecular weight excluding hydrogens is 392 g/mol. The molecule has 8 heteroatoms. The van der Waals surface area contributed by atoms with E-state index in [9.17, 15) is 9.59 Å². The van der Waals surface area contributed by atoms with Crippen LogP contribution in [0.25, 0.3) is 10.2 Å². The first kappa shape index (κ1) is 21.2. The minimum atomic E-state index is -0.576. The van der Waals surface area contributed by atoms with Crippen LogP contribution in [0.3, 0.4) is 0 Å². The van der Waals surface area contributed by atoms with Crippen molar-refractivity contribution in [1.29, 1.82) is 0 Å².